The van der Waals surface area contributed by atoms with E-state index in [9.17, 15) is 19.5 Å². The lowest BCUT2D eigenvalue weighted by atomic mass is 9.76. The first-order valence-corrected chi connectivity index (χ1v) is 12.1. The van der Waals surface area contributed by atoms with Gasteiger partial charge >= 0.3 is 18.2 Å². The molecule has 35 heavy (non-hydrogen) atoms. The van der Waals surface area contributed by atoms with E-state index >= 15 is 0 Å². The molecule has 4 atom stereocenters. The number of carbonyl (C=O) groups is 3. The predicted molar refractivity (Wildman–Crippen MR) is 134 cm³/mol. The van der Waals surface area contributed by atoms with Crippen LogP contribution in [0.3, 0.4) is 0 Å². The maximum absolute atomic E-state index is 13.4. The number of hydrogen-bond donors (Lipinski definition) is 1. The molecular formula is C27H38N2O6. The SMILES string of the molecule is CC1C(C(=O)OC(C)C(C)(C)C)C(c2ccc3ccn(C(=O)OC(C)(C)C)c3c2)CCN1C(=O)O. The summed E-state index contributed by atoms with van der Waals surface area (Å²) in [6.07, 6.45) is 0.281. The number of carboxylic acid groups (broad SMARTS) is 1. The van der Waals surface area contributed by atoms with Gasteiger partial charge in [0.05, 0.1) is 11.4 Å². The largest absolute Gasteiger partial charge is 0.465 e. The summed E-state index contributed by atoms with van der Waals surface area (Å²) in [5.41, 5.74) is 0.662. The number of benzene rings is 1. The number of hydrogen-bond acceptors (Lipinski definition) is 5. The highest BCUT2D eigenvalue weighted by molar-refractivity contribution is 5.90. The first-order valence-electron chi connectivity index (χ1n) is 12.1. The normalized spacial score (nSPS) is 22.1. The minimum Gasteiger partial charge on any atom is -0.465 e. The van der Waals surface area contributed by atoms with E-state index < -0.39 is 35.7 Å². The first-order chi connectivity index (χ1) is 16.1. The minimum atomic E-state index is -1.05. The Morgan fingerprint density at radius 3 is 2.31 bits per heavy atom. The molecule has 1 fully saturated rings. The van der Waals surface area contributed by atoms with Gasteiger partial charge in [-0.05, 0) is 64.2 Å². The van der Waals surface area contributed by atoms with Gasteiger partial charge in [0.2, 0.25) is 0 Å². The maximum Gasteiger partial charge on any atom is 0.418 e. The Hall–Kier alpha value is -3.03. The lowest BCUT2D eigenvalue weighted by Crippen LogP contribution is -2.52. The maximum atomic E-state index is 13.4. The summed E-state index contributed by atoms with van der Waals surface area (Å²) in [6, 6.07) is 7.05. The van der Waals surface area contributed by atoms with Gasteiger partial charge in [0.15, 0.2) is 0 Å². The van der Waals surface area contributed by atoms with Crippen molar-refractivity contribution in [1.29, 1.82) is 0 Å². The fourth-order valence-electron chi connectivity index (χ4n) is 4.47. The van der Waals surface area contributed by atoms with E-state index in [2.05, 4.69) is 0 Å². The highest BCUT2D eigenvalue weighted by atomic mass is 16.6. The topological polar surface area (TPSA) is 98.1 Å². The van der Waals surface area contributed by atoms with Gasteiger partial charge in [0.25, 0.3) is 0 Å². The number of piperidine rings is 1. The standard InChI is InChI=1S/C27H38N2O6/c1-16-22(23(30)34-17(2)26(3,4)5)20(12-14-28(16)24(31)32)19-10-9-18-11-13-29(21(18)15-19)25(33)35-27(6,7)8/h9-11,13,15-17,20,22H,12,14H2,1-8H3,(H,31,32). The Labute approximate surface area is 207 Å². The molecule has 1 saturated heterocycles. The highest BCUT2D eigenvalue weighted by Crippen LogP contribution is 2.40. The predicted octanol–water partition coefficient (Wildman–Crippen LogP) is 5.87. The zero-order chi connectivity index (χ0) is 26.3. The average Bonchev–Trinajstić information content (AvgIpc) is 3.14. The second-order valence-corrected chi connectivity index (χ2v) is 11.6. The minimum absolute atomic E-state index is 0.247. The van der Waals surface area contributed by atoms with E-state index in [1.54, 1.807) is 13.1 Å². The summed E-state index contributed by atoms with van der Waals surface area (Å²) in [7, 11) is 0. The van der Waals surface area contributed by atoms with Crippen LogP contribution in [-0.2, 0) is 14.3 Å². The van der Waals surface area contributed by atoms with Crippen molar-refractivity contribution in [2.75, 3.05) is 6.54 Å². The lowest BCUT2D eigenvalue weighted by Gasteiger charge is -2.42. The van der Waals surface area contributed by atoms with Crippen LogP contribution in [0.25, 0.3) is 10.9 Å². The Morgan fingerprint density at radius 2 is 1.74 bits per heavy atom. The van der Waals surface area contributed by atoms with Crippen molar-refractivity contribution in [1.82, 2.24) is 9.47 Å². The van der Waals surface area contributed by atoms with Crippen molar-refractivity contribution in [3.63, 3.8) is 0 Å². The van der Waals surface area contributed by atoms with Crippen LogP contribution < -0.4 is 0 Å². The van der Waals surface area contributed by atoms with Gasteiger partial charge in [0.1, 0.15) is 11.7 Å². The summed E-state index contributed by atoms with van der Waals surface area (Å²) in [6.45, 7) is 15.4. The van der Waals surface area contributed by atoms with Gasteiger partial charge in [-0.25, -0.2) is 9.59 Å². The molecule has 3 rings (SSSR count). The van der Waals surface area contributed by atoms with Crippen molar-refractivity contribution in [3.05, 3.63) is 36.0 Å². The van der Waals surface area contributed by atoms with Crippen LogP contribution in [-0.4, -0.2) is 57.0 Å². The van der Waals surface area contributed by atoms with E-state index in [-0.39, 0.29) is 17.4 Å². The molecular weight excluding hydrogens is 448 g/mol. The molecule has 0 radical (unpaired) electrons. The first kappa shape index (κ1) is 26.6. The lowest BCUT2D eigenvalue weighted by molar-refractivity contribution is -0.162. The zero-order valence-electron chi connectivity index (χ0n) is 22.0. The van der Waals surface area contributed by atoms with Crippen LogP contribution in [0.4, 0.5) is 9.59 Å². The van der Waals surface area contributed by atoms with Gasteiger partial charge in [0, 0.05) is 30.1 Å². The van der Waals surface area contributed by atoms with Crippen molar-refractivity contribution in [2.45, 2.75) is 85.5 Å². The Morgan fingerprint density at radius 1 is 1.09 bits per heavy atom. The van der Waals surface area contributed by atoms with E-state index in [1.807, 2.05) is 72.7 Å². The number of nitrogens with zero attached hydrogens (tertiary/aromatic N) is 2. The zero-order valence-corrected chi connectivity index (χ0v) is 22.0. The molecule has 192 valence electrons. The van der Waals surface area contributed by atoms with Crippen molar-refractivity contribution < 1.29 is 29.0 Å². The van der Waals surface area contributed by atoms with Crippen LogP contribution in [0.2, 0.25) is 0 Å². The smallest absolute Gasteiger partial charge is 0.418 e. The third kappa shape index (κ3) is 5.80. The Balaban J connectivity index is 2.00. The third-order valence-electron chi connectivity index (χ3n) is 6.89. The molecule has 0 spiro atoms. The molecule has 1 aliphatic rings. The number of rotatable bonds is 3. The number of amides is 1. The molecule has 0 saturated carbocycles. The summed E-state index contributed by atoms with van der Waals surface area (Å²) >= 11 is 0. The molecule has 1 N–H and O–H groups in total. The molecule has 1 aromatic heterocycles. The van der Waals surface area contributed by atoms with E-state index in [0.29, 0.717) is 18.5 Å². The van der Waals surface area contributed by atoms with Crippen LogP contribution in [0.1, 0.15) is 73.3 Å². The summed E-state index contributed by atoms with van der Waals surface area (Å²) in [5.74, 6) is -1.34. The number of carbonyl (C=O) groups excluding carboxylic acids is 2. The van der Waals surface area contributed by atoms with E-state index in [0.717, 1.165) is 10.9 Å². The van der Waals surface area contributed by atoms with Gasteiger partial charge < -0.3 is 19.5 Å². The average molecular weight is 487 g/mol. The molecule has 4 unspecified atom stereocenters. The molecule has 1 aliphatic heterocycles. The fourth-order valence-corrected chi connectivity index (χ4v) is 4.47. The highest BCUT2D eigenvalue weighted by Gasteiger charge is 2.44. The molecule has 2 heterocycles. The van der Waals surface area contributed by atoms with Crippen molar-refractivity contribution in [3.8, 4) is 0 Å². The van der Waals surface area contributed by atoms with Gasteiger partial charge in [-0.15, -0.1) is 0 Å². The number of likely N-dealkylation sites (tertiary alicyclic amines) is 1. The number of ether oxygens (including phenoxy) is 2. The van der Waals surface area contributed by atoms with Gasteiger partial charge in [-0.3, -0.25) is 9.36 Å². The third-order valence-corrected chi connectivity index (χ3v) is 6.89. The van der Waals surface area contributed by atoms with Crippen LogP contribution in [0.15, 0.2) is 30.5 Å². The van der Waals surface area contributed by atoms with Crippen LogP contribution in [0, 0.1) is 11.3 Å². The molecule has 0 bridgehead atoms. The summed E-state index contributed by atoms with van der Waals surface area (Å²) < 4.78 is 12.9. The summed E-state index contributed by atoms with van der Waals surface area (Å²) in [5, 5.41) is 10.6. The molecule has 1 amide bonds. The van der Waals surface area contributed by atoms with E-state index in [1.165, 1.54) is 9.47 Å². The van der Waals surface area contributed by atoms with E-state index in [4.69, 9.17) is 9.47 Å². The molecule has 0 aliphatic carbocycles. The molecule has 2 aromatic rings. The fraction of sp³-hybridized carbons (Fsp3) is 0.593. The second-order valence-electron chi connectivity index (χ2n) is 11.6. The number of aromatic nitrogens is 1. The van der Waals surface area contributed by atoms with Gasteiger partial charge in [-0.2, -0.15) is 0 Å². The Kier molecular flexibility index (Phi) is 7.25. The monoisotopic (exact) mass is 486 g/mol. The summed E-state index contributed by atoms with van der Waals surface area (Å²) in [4.78, 5) is 39.4. The van der Waals surface area contributed by atoms with Crippen LogP contribution in [0.5, 0.6) is 0 Å². The van der Waals surface area contributed by atoms with Crippen molar-refractivity contribution in [2.24, 2.45) is 11.3 Å². The number of esters is 1. The molecule has 8 nitrogen and oxygen atoms in total. The number of fused-ring (bicyclic) bond motifs is 1. The second kappa shape index (κ2) is 9.55. The molecule has 1 aromatic carbocycles. The quantitative estimate of drug-likeness (QED) is 0.545. The van der Waals surface area contributed by atoms with Gasteiger partial charge in [-0.1, -0.05) is 32.9 Å². The van der Waals surface area contributed by atoms with Crippen molar-refractivity contribution >= 4 is 29.1 Å². The Bertz CT molecular complexity index is 1110. The molecule has 8 heteroatoms. The van der Waals surface area contributed by atoms with Crippen LogP contribution >= 0.6 is 0 Å².